The highest BCUT2D eigenvalue weighted by atomic mass is 16.8. The van der Waals surface area contributed by atoms with Crippen molar-refractivity contribution in [1.82, 2.24) is 5.16 Å². The highest BCUT2D eigenvalue weighted by molar-refractivity contribution is 5.98. The molecule has 0 bridgehead atoms. The minimum Gasteiger partial charge on any atom is -0.363 e. The second-order valence-corrected chi connectivity index (χ2v) is 2.84. The number of nitrogens with zero attached hydrogens (tertiary/aromatic N) is 4. The zero-order chi connectivity index (χ0) is 12.5. The van der Waals surface area contributed by atoms with Crippen molar-refractivity contribution in [3.05, 3.63) is 18.0 Å². The summed E-state index contributed by atoms with van der Waals surface area (Å²) in [4.78, 5) is 4.74. The zero-order valence-electron chi connectivity index (χ0n) is 9.16. The van der Waals surface area contributed by atoms with E-state index in [2.05, 4.69) is 14.8 Å². The molecule has 17 heavy (non-hydrogen) atoms. The van der Waals surface area contributed by atoms with E-state index in [-0.39, 0.29) is 6.29 Å². The van der Waals surface area contributed by atoms with Gasteiger partial charge >= 0.3 is 0 Å². The monoisotopic (exact) mass is 234 g/mol. The lowest BCUT2D eigenvalue weighted by atomic mass is 10.3. The van der Waals surface area contributed by atoms with Crippen LogP contribution >= 0.6 is 0 Å². The molecule has 7 nitrogen and oxygen atoms in total. The van der Waals surface area contributed by atoms with Crippen LogP contribution in [-0.2, 0) is 9.57 Å². The molecule has 2 rings (SSSR count). The molecule has 0 saturated heterocycles. The molecule has 0 fully saturated rings. The molecule has 1 aromatic rings. The largest absolute Gasteiger partial charge is 0.363 e. The lowest BCUT2D eigenvalue weighted by molar-refractivity contribution is -0.120. The first-order valence-electron chi connectivity index (χ1n) is 4.85. The summed E-state index contributed by atoms with van der Waals surface area (Å²) >= 11 is 0. The Morgan fingerprint density at radius 1 is 1.53 bits per heavy atom. The van der Waals surface area contributed by atoms with Gasteiger partial charge in [-0.1, -0.05) is 10.3 Å². The van der Waals surface area contributed by atoms with Crippen molar-refractivity contribution in [2.45, 2.75) is 19.6 Å². The second kappa shape index (κ2) is 6.99. The van der Waals surface area contributed by atoms with Crippen LogP contribution in [0.25, 0.3) is 0 Å². The third-order valence-corrected chi connectivity index (χ3v) is 1.67. The average Bonchev–Trinajstić information content (AvgIpc) is 3.01. The van der Waals surface area contributed by atoms with Gasteiger partial charge in [-0.3, -0.25) is 0 Å². The molecule has 0 aliphatic carbocycles. The van der Waals surface area contributed by atoms with Gasteiger partial charge in [-0.05, 0) is 6.92 Å². The van der Waals surface area contributed by atoms with Gasteiger partial charge in [-0.2, -0.15) is 10.5 Å². The Labute approximate surface area is 97.8 Å². The molecule has 7 heteroatoms. The van der Waals surface area contributed by atoms with Crippen LogP contribution in [0.4, 0.5) is 0 Å². The minimum absolute atomic E-state index is 0.319. The predicted molar refractivity (Wildman–Crippen MR) is 55.4 cm³/mol. The van der Waals surface area contributed by atoms with Gasteiger partial charge in [0.25, 0.3) is 0 Å². The van der Waals surface area contributed by atoms with Gasteiger partial charge in [0.2, 0.25) is 6.29 Å². The van der Waals surface area contributed by atoms with E-state index in [1.165, 1.54) is 12.3 Å². The third-order valence-electron chi connectivity index (χ3n) is 1.67. The van der Waals surface area contributed by atoms with E-state index in [4.69, 9.17) is 20.1 Å². The minimum atomic E-state index is -0.334. The smallest absolute Gasteiger partial charge is 0.233 e. The number of nitriles is 2. The second-order valence-electron chi connectivity index (χ2n) is 2.84. The molecule has 1 aliphatic heterocycles. The SMILES string of the molecule is CCOC1CC(C#N)=NO1.N#Cc1ccon1. The molecule has 0 aromatic carbocycles. The highest BCUT2D eigenvalue weighted by Gasteiger charge is 2.19. The number of hydrogen-bond acceptors (Lipinski definition) is 7. The normalized spacial score (nSPS) is 16.9. The van der Waals surface area contributed by atoms with Crippen LogP contribution in [0.5, 0.6) is 0 Å². The molecular weight excluding hydrogens is 224 g/mol. The van der Waals surface area contributed by atoms with Gasteiger partial charge in [0, 0.05) is 12.7 Å². The molecule has 1 unspecified atom stereocenters. The molecule has 1 aliphatic rings. The van der Waals surface area contributed by atoms with Crippen LogP contribution in [0.3, 0.4) is 0 Å². The van der Waals surface area contributed by atoms with Crippen molar-refractivity contribution in [3.63, 3.8) is 0 Å². The van der Waals surface area contributed by atoms with Crippen molar-refractivity contribution in [2.24, 2.45) is 5.16 Å². The van der Waals surface area contributed by atoms with E-state index < -0.39 is 0 Å². The van der Waals surface area contributed by atoms with Crippen molar-refractivity contribution in [3.8, 4) is 12.1 Å². The van der Waals surface area contributed by atoms with Crippen LogP contribution in [0.15, 0.2) is 22.0 Å². The molecule has 0 N–H and O–H groups in total. The number of rotatable bonds is 2. The summed E-state index contributed by atoms with van der Waals surface area (Å²) in [5.74, 6) is 0. The number of hydrogen-bond donors (Lipinski definition) is 0. The first-order valence-corrected chi connectivity index (χ1v) is 4.85. The maximum Gasteiger partial charge on any atom is 0.233 e. The average molecular weight is 234 g/mol. The predicted octanol–water partition coefficient (Wildman–Crippen LogP) is 1.20. The fraction of sp³-hybridized carbons (Fsp3) is 0.400. The Morgan fingerprint density at radius 3 is 2.76 bits per heavy atom. The van der Waals surface area contributed by atoms with Crippen molar-refractivity contribution < 1.29 is 14.1 Å². The quantitative estimate of drug-likeness (QED) is 0.761. The Balaban J connectivity index is 0.000000181. The van der Waals surface area contributed by atoms with Crippen molar-refractivity contribution in [1.29, 1.82) is 10.5 Å². The Bertz CT molecular complexity index is 441. The van der Waals surface area contributed by atoms with E-state index in [0.717, 1.165) is 0 Å². The van der Waals surface area contributed by atoms with E-state index in [1.54, 1.807) is 6.07 Å². The zero-order valence-corrected chi connectivity index (χ0v) is 9.16. The molecule has 0 spiro atoms. The molecule has 1 atom stereocenters. The summed E-state index contributed by atoms with van der Waals surface area (Å²) in [5.41, 5.74) is 0.721. The molecule has 0 amide bonds. The van der Waals surface area contributed by atoms with E-state index in [9.17, 15) is 0 Å². The lowest BCUT2D eigenvalue weighted by Gasteiger charge is -2.05. The van der Waals surface area contributed by atoms with Crippen LogP contribution in [-0.4, -0.2) is 23.8 Å². The molecule has 2 heterocycles. The topological polar surface area (TPSA) is 104 Å². The summed E-state index contributed by atoms with van der Waals surface area (Å²) in [5, 5.41) is 23.2. The van der Waals surface area contributed by atoms with E-state index in [1.807, 2.05) is 13.0 Å². The molecule has 1 aromatic heterocycles. The fourth-order valence-corrected chi connectivity index (χ4v) is 0.966. The molecular formula is C10H10N4O3. The van der Waals surface area contributed by atoms with Gasteiger partial charge in [0.1, 0.15) is 18.4 Å². The van der Waals surface area contributed by atoms with Crippen LogP contribution < -0.4 is 0 Å². The maximum absolute atomic E-state index is 8.34. The Morgan fingerprint density at radius 2 is 2.35 bits per heavy atom. The number of aromatic nitrogens is 1. The molecule has 88 valence electrons. The summed E-state index contributed by atoms with van der Waals surface area (Å²) in [7, 11) is 0. The lowest BCUT2D eigenvalue weighted by Crippen LogP contribution is -2.11. The molecule has 0 radical (unpaired) electrons. The van der Waals surface area contributed by atoms with Crippen molar-refractivity contribution >= 4 is 5.71 Å². The van der Waals surface area contributed by atoms with E-state index >= 15 is 0 Å². The summed E-state index contributed by atoms with van der Waals surface area (Å²) in [6.45, 7) is 2.45. The first kappa shape index (κ1) is 12.7. The number of oxime groups is 1. The summed E-state index contributed by atoms with van der Waals surface area (Å²) < 4.78 is 9.38. The standard InChI is InChI=1S/C6H8N2O2.C4H2N2O/c1-2-9-6-3-5(4-7)8-10-6;5-3-4-1-2-7-6-4/h6H,2-3H2,1H3;1-2H. The van der Waals surface area contributed by atoms with E-state index in [0.29, 0.717) is 24.4 Å². The number of ether oxygens (including phenoxy) is 1. The first-order chi connectivity index (χ1) is 8.30. The van der Waals surface area contributed by atoms with Gasteiger partial charge in [-0.25, -0.2) is 0 Å². The maximum atomic E-state index is 8.34. The van der Waals surface area contributed by atoms with Crippen molar-refractivity contribution in [2.75, 3.05) is 6.61 Å². The summed E-state index contributed by atoms with van der Waals surface area (Å²) in [6, 6.07) is 5.20. The van der Waals surface area contributed by atoms with Gasteiger partial charge in [0.15, 0.2) is 11.4 Å². The van der Waals surface area contributed by atoms with Crippen LogP contribution in [0.1, 0.15) is 19.0 Å². The third kappa shape index (κ3) is 4.33. The highest BCUT2D eigenvalue weighted by Crippen LogP contribution is 2.10. The molecule has 0 saturated carbocycles. The Kier molecular flexibility index (Phi) is 5.21. The van der Waals surface area contributed by atoms with Crippen LogP contribution in [0, 0.1) is 22.7 Å². The van der Waals surface area contributed by atoms with Gasteiger partial charge < -0.3 is 14.1 Å². The van der Waals surface area contributed by atoms with Gasteiger partial charge in [-0.15, -0.1) is 0 Å². The Hall–Kier alpha value is -2.38. The van der Waals surface area contributed by atoms with Gasteiger partial charge in [0.05, 0.1) is 6.42 Å². The fourth-order valence-electron chi connectivity index (χ4n) is 0.966. The van der Waals surface area contributed by atoms with Crippen LogP contribution in [0.2, 0.25) is 0 Å². The summed E-state index contributed by atoms with van der Waals surface area (Å²) in [6.07, 6.45) is 1.50.